The van der Waals surface area contributed by atoms with Crippen molar-refractivity contribution in [3.63, 3.8) is 0 Å². The predicted octanol–water partition coefficient (Wildman–Crippen LogP) is 1.02. The zero-order valence-corrected chi connectivity index (χ0v) is 16.8. The standard InChI is InChI=1S/C14H20N4O5S.HI/c1-11-10-17(7-8-23-11)14(15)16-6-9-24(21,22)13-4-2-12(3-5-13)18(19)20;/h2-5,11H,6-10H2,1H3,(H2,15,16);1H. The van der Waals surface area contributed by atoms with E-state index in [4.69, 9.17) is 10.5 Å². The molecule has 1 aliphatic rings. The fourth-order valence-electron chi connectivity index (χ4n) is 2.30. The van der Waals surface area contributed by atoms with E-state index in [1.807, 2.05) is 11.8 Å². The highest BCUT2D eigenvalue weighted by Gasteiger charge is 2.19. The normalized spacial score (nSPS) is 18.5. The van der Waals surface area contributed by atoms with Gasteiger partial charge in [-0.25, -0.2) is 8.42 Å². The molecule has 1 aliphatic heterocycles. The second kappa shape index (κ2) is 9.29. The van der Waals surface area contributed by atoms with E-state index in [2.05, 4.69) is 4.99 Å². The van der Waals surface area contributed by atoms with Crippen LogP contribution in [-0.4, -0.2) is 62.3 Å². The number of nitrogens with two attached hydrogens (primary N) is 1. The van der Waals surface area contributed by atoms with Crippen LogP contribution < -0.4 is 5.73 Å². The molecule has 0 aromatic heterocycles. The second-order valence-corrected chi connectivity index (χ2v) is 7.55. The summed E-state index contributed by atoms with van der Waals surface area (Å²) in [5, 5.41) is 10.6. The van der Waals surface area contributed by atoms with Crippen LogP contribution in [0.25, 0.3) is 0 Å². The van der Waals surface area contributed by atoms with Crippen molar-refractivity contribution >= 4 is 45.5 Å². The third-order valence-electron chi connectivity index (χ3n) is 3.61. The molecule has 25 heavy (non-hydrogen) atoms. The molecule has 1 aromatic carbocycles. The lowest BCUT2D eigenvalue weighted by atomic mass is 10.3. The lowest BCUT2D eigenvalue weighted by Crippen LogP contribution is -2.48. The van der Waals surface area contributed by atoms with Gasteiger partial charge < -0.3 is 15.4 Å². The van der Waals surface area contributed by atoms with Gasteiger partial charge in [0.15, 0.2) is 15.8 Å². The Hall–Kier alpha value is -1.47. The maximum atomic E-state index is 12.2. The molecule has 0 aliphatic carbocycles. The minimum absolute atomic E-state index is 0. The first-order chi connectivity index (χ1) is 11.3. The van der Waals surface area contributed by atoms with E-state index in [-0.39, 0.29) is 53.0 Å². The Kier molecular flexibility index (Phi) is 8.02. The SMILES string of the molecule is CC1CN(C(N)=NCCS(=O)(=O)c2ccc([N+](=O)[O-])cc2)CCO1.I. The Morgan fingerprint density at radius 2 is 2.08 bits per heavy atom. The summed E-state index contributed by atoms with van der Waals surface area (Å²) in [6.07, 6.45) is 0.0522. The molecule has 0 spiro atoms. The van der Waals surface area contributed by atoms with Gasteiger partial charge in [-0.15, -0.1) is 24.0 Å². The third-order valence-corrected chi connectivity index (χ3v) is 5.32. The minimum atomic E-state index is -3.57. The van der Waals surface area contributed by atoms with Crippen LogP contribution in [0.5, 0.6) is 0 Å². The van der Waals surface area contributed by atoms with E-state index in [1.165, 1.54) is 24.3 Å². The number of aliphatic imine (C=N–C) groups is 1. The number of halogens is 1. The zero-order valence-electron chi connectivity index (χ0n) is 13.7. The number of nitro benzene ring substituents is 1. The number of guanidine groups is 1. The number of nitrogens with zero attached hydrogens (tertiary/aromatic N) is 3. The Labute approximate surface area is 163 Å². The maximum absolute atomic E-state index is 12.2. The molecule has 0 amide bonds. The quantitative estimate of drug-likeness (QED) is 0.217. The number of sulfone groups is 1. The van der Waals surface area contributed by atoms with Crippen LogP contribution in [0, 0.1) is 10.1 Å². The van der Waals surface area contributed by atoms with E-state index in [0.717, 1.165) is 0 Å². The fraction of sp³-hybridized carbons (Fsp3) is 0.500. The van der Waals surface area contributed by atoms with Gasteiger partial charge in [0.1, 0.15) is 0 Å². The third kappa shape index (κ3) is 6.08. The monoisotopic (exact) mass is 484 g/mol. The van der Waals surface area contributed by atoms with Gasteiger partial charge in [0.2, 0.25) is 0 Å². The van der Waals surface area contributed by atoms with Crippen LogP contribution in [0.4, 0.5) is 5.69 Å². The molecule has 1 aromatic rings. The fourth-order valence-corrected chi connectivity index (χ4v) is 3.42. The molecule has 0 saturated carbocycles. The average molecular weight is 484 g/mol. The first kappa shape index (κ1) is 21.6. The molecule has 11 heteroatoms. The van der Waals surface area contributed by atoms with E-state index in [0.29, 0.717) is 25.7 Å². The van der Waals surface area contributed by atoms with Crippen LogP contribution in [0.3, 0.4) is 0 Å². The highest BCUT2D eigenvalue weighted by molar-refractivity contribution is 14.0. The lowest BCUT2D eigenvalue weighted by Gasteiger charge is -2.31. The maximum Gasteiger partial charge on any atom is 0.269 e. The molecule has 0 radical (unpaired) electrons. The van der Waals surface area contributed by atoms with Crippen molar-refractivity contribution in [2.24, 2.45) is 10.7 Å². The second-order valence-electron chi connectivity index (χ2n) is 5.44. The van der Waals surface area contributed by atoms with Crippen molar-refractivity contribution in [1.82, 2.24) is 4.90 Å². The molecule has 0 bridgehead atoms. The molecule has 1 atom stereocenters. The lowest BCUT2D eigenvalue weighted by molar-refractivity contribution is -0.384. The molecule has 1 heterocycles. The molecule has 140 valence electrons. The van der Waals surface area contributed by atoms with Gasteiger partial charge in [-0.3, -0.25) is 15.1 Å². The van der Waals surface area contributed by atoms with Crippen LogP contribution >= 0.6 is 24.0 Å². The summed E-state index contributed by atoms with van der Waals surface area (Å²) in [6, 6.07) is 4.79. The van der Waals surface area contributed by atoms with Crippen molar-refractivity contribution in [3.8, 4) is 0 Å². The Morgan fingerprint density at radius 3 is 2.64 bits per heavy atom. The summed E-state index contributed by atoms with van der Waals surface area (Å²) in [5.41, 5.74) is 5.73. The molecular weight excluding hydrogens is 463 g/mol. The highest BCUT2D eigenvalue weighted by atomic mass is 127. The number of rotatable bonds is 5. The molecule has 1 unspecified atom stereocenters. The molecule has 1 fully saturated rings. The van der Waals surface area contributed by atoms with Gasteiger partial charge in [-0.05, 0) is 19.1 Å². The van der Waals surface area contributed by atoms with Crippen molar-refractivity contribution in [3.05, 3.63) is 34.4 Å². The summed E-state index contributed by atoms with van der Waals surface area (Å²) in [4.78, 5) is 16.0. The Morgan fingerprint density at radius 1 is 1.44 bits per heavy atom. The molecule has 1 saturated heterocycles. The Bertz CT molecular complexity index is 723. The van der Waals surface area contributed by atoms with Crippen molar-refractivity contribution < 1.29 is 18.1 Å². The van der Waals surface area contributed by atoms with Gasteiger partial charge in [-0.1, -0.05) is 0 Å². The van der Waals surface area contributed by atoms with E-state index >= 15 is 0 Å². The van der Waals surface area contributed by atoms with Crippen molar-refractivity contribution in [2.75, 3.05) is 32.0 Å². The largest absolute Gasteiger partial charge is 0.375 e. The van der Waals surface area contributed by atoms with Gasteiger partial charge in [0, 0.05) is 25.2 Å². The summed E-state index contributed by atoms with van der Waals surface area (Å²) >= 11 is 0. The number of nitro groups is 1. The van der Waals surface area contributed by atoms with Crippen molar-refractivity contribution in [1.29, 1.82) is 0 Å². The van der Waals surface area contributed by atoms with Crippen LogP contribution in [-0.2, 0) is 14.6 Å². The first-order valence-electron chi connectivity index (χ1n) is 7.43. The van der Waals surface area contributed by atoms with E-state index < -0.39 is 14.8 Å². The van der Waals surface area contributed by atoms with Crippen molar-refractivity contribution in [2.45, 2.75) is 17.9 Å². The predicted molar refractivity (Wildman–Crippen MR) is 104 cm³/mol. The Balaban J connectivity index is 0.00000312. The van der Waals surface area contributed by atoms with Crippen LogP contribution in [0.1, 0.15) is 6.92 Å². The average Bonchev–Trinajstić information content (AvgIpc) is 2.54. The number of morpholine rings is 1. The topological polar surface area (TPSA) is 128 Å². The highest BCUT2D eigenvalue weighted by Crippen LogP contribution is 2.17. The number of hydrogen-bond acceptors (Lipinski definition) is 6. The number of hydrogen-bond donors (Lipinski definition) is 1. The number of ether oxygens (including phenoxy) is 1. The van der Waals surface area contributed by atoms with Gasteiger partial charge in [0.05, 0.1) is 34.8 Å². The van der Waals surface area contributed by atoms with Gasteiger partial charge in [0.25, 0.3) is 5.69 Å². The number of non-ortho nitro benzene ring substituents is 1. The zero-order chi connectivity index (χ0) is 17.7. The van der Waals surface area contributed by atoms with Gasteiger partial charge in [-0.2, -0.15) is 0 Å². The molecule has 2 N–H and O–H groups in total. The molecular formula is C14H21IN4O5S. The molecule has 2 rings (SSSR count). The van der Waals surface area contributed by atoms with E-state index in [1.54, 1.807) is 0 Å². The minimum Gasteiger partial charge on any atom is -0.375 e. The number of benzene rings is 1. The summed E-state index contributed by atoms with van der Waals surface area (Å²) < 4.78 is 29.8. The summed E-state index contributed by atoms with van der Waals surface area (Å²) in [6.45, 7) is 3.74. The molecule has 9 nitrogen and oxygen atoms in total. The summed E-state index contributed by atoms with van der Waals surface area (Å²) in [7, 11) is -3.57. The smallest absolute Gasteiger partial charge is 0.269 e. The summed E-state index contributed by atoms with van der Waals surface area (Å²) in [5.74, 6) is 0.0786. The first-order valence-corrected chi connectivity index (χ1v) is 9.08. The van der Waals surface area contributed by atoms with Crippen LogP contribution in [0.2, 0.25) is 0 Å². The van der Waals surface area contributed by atoms with Crippen LogP contribution in [0.15, 0.2) is 34.2 Å². The van der Waals surface area contributed by atoms with E-state index in [9.17, 15) is 18.5 Å². The van der Waals surface area contributed by atoms with Gasteiger partial charge >= 0.3 is 0 Å².